The van der Waals surface area contributed by atoms with Gasteiger partial charge in [-0.15, -0.1) is 0 Å². The molecule has 1 N–H and O–H groups in total. The molecule has 1 atom stereocenters. The summed E-state index contributed by atoms with van der Waals surface area (Å²) in [5.74, 6) is -0.599. The van der Waals surface area contributed by atoms with E-state index in [0.29, 0.717) is 11.1 Å². The number of carbonyl (C=O) groups is 2. The number of hydrogen-bond acceptors (Lipinski definition) is 2. The molecule has 0 aliphatic rings. The maximum atomic E-state index is 13.5. The fourth-order valence-electron chi connectivity index (χ4n) is 3.69. The highest BCUT2D eigenvalue weighted by Crippen LogP contribution is 2.32. The number of aromatic nitrogens is 1. The van der Waals surface area contributed by atoms with Gasteiger partial charge in [0.15, 0.2) is 11.6 Å². The van der Waals surface area contributed by atoms with E-state index in [-0.39, 0.29) is 18.0 Å². The first kappa shape index (κ1) is 18.9. The molecule has 4 aromatic rings. The van der Waals surface area contributed by atoms with Crippen molar-refractivity contribution in [1.29, 1.82) is 0 Å². The monoisotopic (exact) mass is 381 g/mol. The predicted molar refractivity (Wildman–Crippen MR) is 117 cm³/mol. The largest absolute Gasteiger partial charge is 0.361 e. The molecule has 3 heteroatoms. The Bertz CT molecular complexity index is 1170. The number of fused-ring (bicyclic) bond motifs is 1. The van der Waals surface area contributed by atoms with Crippen molar-refractivity contribution in [2.75, 3.05) is 0 Å². The highest BCUT2D eigenvalue weighted by molar-refractivity contribution is 6.07. The third-order valence-electron chi connectivity index (χ3n) is 5.41. The third kappa shape index (κ3) is 3.90. The molecule has 1 heterocycles. The quantitative estimate of drug-likeness (QED) is 0.415. The number of hydrogen-bond donors (Lipinski definition) is 1. The van der Waals surface area contributed by atoms with E-state index in [2.05, 4.69) is 4.98 Å². The van der Waals surface area contributed by atoms with Crippen molar-refractivity contribution in [3.8, 4) is 0 Å². The lowest BCUT2D eigenvalue weighted by Gasteiger charge is -2.16. The number of aromatic amines is 1. The Morgan fingerprint density at radius 2 is 1.38 bits per heavy atom. The molecule has 0 amide bonds. The summed E-state index contributed by atoms with van der Waals surface area (Å²) in [5, 5.41) is 0.981. The van der Waals surface area contributed by atoms with Crippen molar-refractivity contribution in [3.05, 3.63) is 107 Å². The van der Waals surface area contributed by atoms with Gasteiger partial charge in [-0.2, -0.15) is 0 Å². The van der Waals surface area contributed by atoms with Crippen LogP contribution in [0, 0.1) is 13.8 Å². The van der Waals surface area contributed by atoms with Gasteiger partial charge in [0.05, 0.1) is 5.92 Å². The molecule has 0 radical (unpaired) electrons. The summed E-state index contributed by atoms with van der Waals surface area (Å²) >= 11 is 0. The van der Waals surface area contributed by atoms with Crippen LogP contribution in [0.1, 0.15) is 49.7 Å². The Kier molecular flexibility index (Phi) is 5.13. The minimum Gasteiger partial charge on any atom is -0.361 e. The molecule has 0 unspecified atom stereocenters. The molecule has 0 aliphatic carbocycles. The summed E-state index contributed by atoms with van der Waals surface area (Å²) in [6, 6.07) is 23.0. The molecular formula is C26H23NO2. The zero-order valence-electron chi connectivity index (χ0n) is 16.6. The second-order valence-corrected chi connectivity index (χ2v) is 7.57. The molecule has 0 bridgehead atoms. The van der Waals surface area contributed by atoms with E-state index in [1.807, 2.05) is 92.8 Å². The van der Waals surface area contributed by atoms with Crippen molar-refractivity contribution in [2.45, 2.75) is 26.2 Å². The number of Topliss-reactive ketones (excluding diaryl/α,β-unsaturated/α-hetero) is 2. The predicted octanol–water partition coefficient (Wildman–Crippen LogP) is 6.02. The van der Waals surface area contributed by atoms with E-state index in [9.17, 15) is 9.59 Å². The molecule has 0 aliphatic heterocycles. The second-order valence-electron chi connectivity index (χ2n) is 7.57. The van der Waals surface area contributed by atoms with Crippen LogP contribution in [0.3, 0.4) is 0 Å². The minimum atomic E-state index is -0.539. The zero-order chi connectivity index (χ0) is 20.4. The lowest BCUT2D eigenvalue weighted by molar-refractivity contribution is 0.0894. The highest BCUT2D eigenvalue weighted by atomic mass is 16.1. The van der Waals surface area contributed by atoms with Gasteiger partial charge in [0, 0.05) is 34.6 Å². The molecule has 29 heavy (non-hydrogen) atoms. The van der Waals surface area contributed by atoms with Crippen LogP contribution >= 0.6 is 0 Å². The highest BCUT2D eigenvalue weighted by Gasteiger charge is 2.27. The van der Waals surface area contributed by atoms with E-state index >= 15 is 0 Å². The number of aryl methyl sites for hydroxylation is 2. The number of carbonyl (C=O) groups excluding carboxylic acids is 2. The molecule has 4 rings (SSSR count). The minimum absolute atomic E-state index is 0.0271. The topological polar surface area (TPSA) is 49.9 Å². The van der Waals surface area contributed by atoms with E-state index in [1.54, 1.807) is 0 Å². The Balaban J connectivity index is 1.74. The second kappa shape index (κ2) is 7.88. The number of benzene rings is 3. The van der Waals surface area contributed by atoms with Crippen LogP contribution in [0.5, 0.6) is 0 Å². The van der Waals surface area contributed by atoms with E-state index in [4.69, 9.17) is 0 Å². The Hall–Kier alpha value is -3.46. The maximum absolute atomic E-state index is 13.5. The van der Waals surface area contributed by atoms with Gasteiger partial charge in [-0.25, -0.2) is 0 Å². The smallest absolute Gasteiger partial charge is 0.170 e. The van der Waals surface area contributed by atoms with Gasteiger partial charge in [-0.05, 0) is 25.5 Å². The fraction of sp³-hybridized carbons (Fsp3) is 0.154. The van der Waals surface area contributed by atoms with Gasteiger partial charge in [0.25, 0.3) is 0 Å². The van der Waals surface area contributed by atoms with E-state index in [1.165, 1.54) is 0 Å². The average molecular weight is 381 g/mol. The van der Waals surface area contributed by atoms with Crippen LogP contribution in [0.2, 0.25) is 0 Å². The molecule has 144 valence electrons. The number of rotatable bonds is 6. The lowest BCUT2D eigenvalue weighted by Crippen LogP contribution is -2.17. The standard InChI is InChI=1S/C26H23NO2/c1-17-7-11-19(12-8-17)25(28)15-22(26(29)20-13-9-18(2)10-14-20)23-16-27-24-6-4-3-5-21(23)24/h3-14,16,22,27H,15H2,1-2H3/t22-/m0/s1. The van der Waals surface area contributed by atoms with Gasteiger partial charge in [0.2, 0.25) is 0 Å². The number of ketones is 2. The summed E-state index contributed by atoms with van der Waals surface area (Å²) in [6.07, 6.45) is 2.00. The summed E-state index contributed by atoms with van der Waals surface area (Å²) in [5.41, 5.74) is 5.30. The summed E-state index contributed by atoms with van der Waals surface area (Å²) in [6.45, 7) is 3.98. The van der Waals surface area contributed by atoms with Crippen molar-refractivity contribution in [3.63, 3.8) is 0 Å². The third-order valence-corrected chi connectivity index (χ3v) is 5.41. The first-order chi connectivity index (χ1) is 14.0. The van der Waals surface area contributed by atoms with Gasteiger partial charge in [-0.1, -0.05) is 77.9 Å². The molecular weight excluding hydrogens is 358 g/mol. The molecule has 3 aromatic carbocycles. The van der Waals surface area contributed by atoms with Crippen LogP contribution in [-0.2, 0) is 0 Å². The van der Waals surface area contributed by atoms with Crippen molar-refractivity contribution in [2.24, 2.45) is 0 Å². The zero-order valence-corrected chi connectivity index (χ0v) is 16.6. The molecule has 0 saturated heterocycles. The Morgan fingerprint density at radius 3 is 2.03 bits per heavy atom. The Morgan fingerprint density at radius 1 is 0.793 bits per heavy atom. The molecule has 3 nitrogen and oxygen atoms in total. The molecule has 1 aromatic heterocycles. The number of H-pyrrole nitrogens is 1. The average Bonchev–Trinajstić information content (AvgIpc) is 3.16. The normalized spacial score (nSPS) is 12.1. The molecule has 0 spiro atoms. The van der Waals surface area contributed by atoms with Gasteiger partial charge in [-0.3, -0.25) is 9.59 Å². The maximum Gasteiger partial charge on any atom is 0.170 e. The summed E-state index contributed by atoms with van der Waals surface area (Å²) < 4.78 is 0. The van der Waals surface area contributed by atoms with E-state index in [0.717, 1.165) is 27.6 Å². The number of nitrogens with one attached hydrogen (secondary N) is 1. The van der Waals surface area contributed by atoms with Crippen molar-refractivity contribution in [1.82, 2.24) is 4.98 Å². The van der Waals surface area contributed by atoms with Crippen LogP contribution < -0.4 is 0 Å². The van der Waals surface area contributed by atoms with E-state index < -0.39 is 5.92 Å². The SMILES string of the molecule is Cc1ccc(C(=O)C[C@H](C(=O)c2ccc(C)cc2)c2c[nH]c3ccccc23)cc1. The van der Waals surface area contributed by atoms with Crippen LogP contribution in [0.15, 0.2) is 79.0 Å². The van der Waals surface area contributed by atoms with Gasteiger partial charge in [0.1, 0.15) is 0 Å². The summed E-state index contributed by atoms with van der Waals surface area (Å²) in [4.78, 5) is 29.7. The van der Waals surface area contributed by atoms with Crippen molar-refractivity contribution >= 4 is 22.5 Å². The first-order valence-corrected chi connectivity index (χ1v) is 9.79. The van der Waals surface area contributed by atoms with Gasteiger partial charge >= 0.3 is 0 Å². The summed E-state index contributed by atoms with van der Waals surface area (Å²) in [7, 11) is 0. The molecule has 0 saturated carbocycles. The number of para-hydroxylation sites is 1. The van der Waals surface area contributed by atoms with Crippen molar-refractivity contribution < 1.29 is 9.59 Å². The van der Waals surface area contributed by atoms with Crippen LogP contribution in [0.4, 0.5) is 0 Å². The fourth-order valence-corrected chi connectivity index (χ4v) is 3.69. The van der Waals surface area contributed by atoms with Crippen LogP contribution in [0.25, 0.3) is 10.9 Å². The first-order valence-electron chi connectivity index (χ1n) is 9.79. The van der Waals surface area contributed by atoms with Crippen LogP contribution in [-0.4, -0.2) is 16.6 Å². The lowest BCUT2D eigenvalue weighted by atomic mass is 9.85. The molecule has 0 fully saturated rings. The van der Waals surface area contributed by atoms with Gasteiger partial charge < -0.3 is 4.98 Å². The Labute approximate surface area is 170 Å².